The van der Waals surface area contributed by atoms with E-state index in [-0.39, 0.29) is 41.2 Å². The third kappa shape index (κ3) is 2.67. The zero-order valence-electron chi connectivity index (χ0n) is 7.65. The molecule has 0 aromatic heterocycles. The third-order valence-corrected chi connectivity index (χ3v) is 2.14. The van der Waals surface area contributed by atoms with Crippen molar-refractivity contribution in [2.45, 2.75) is 26.0 Å². The molecule has 0 bridgehead atoms. The number of carbonyl (C=O) groups is 2. The Bertz CT molecular complexity index is 265. The summed E-state index contributed by atoms with van der Waals surface area (Å²) in [6, 6.07) is -0.425. The van der Waals surface area contributed by atoms with Gasteiger partial charge < -0.3 is 10.4 Å². The molecule has 1 heterocycles. The number of rotatable bonds is 2. The predicted molar refractivity (Wildman–Crippen MR) is 54.1 cm³/mol. The van der Waals surface area contributed by atoms with Gasteiger partial charge in [0.2, 0.25) is 5.91 Å². The number of ketones is 1. The van der Waals surface area contributed by atoms with Gasteiger partial charge in [-0.25, -0.2) is 0 Å². The Morgan fingerprint density at radius 1 is 1.57 bits per heavy atom. The minimum atomic E-state index is -0.929. The van der Waals surface area contributed by atoms with Gasteiger partial charge in [-0.2, -0.15) is 0 Å². The number of Topliss-reactive ketones (excluding diaryl/α,β-unsaturated/α-hetero) is 1. The molecule has 0 spiro atoms. The number of hydrogen-bond donors (Lipinski definition) is 2. The molecule has 74 valence electrons. The van der Waals surface area contributed by atoms with E-state index in [4.69, 9.17) is 0 Å². The normalized spacial score (nSPS) is 31.4. The van der Waals surface area contributed by atoms with Gasteiger partial charge in [0.1, 0.15) is 11.7 Å². The molecule has 0 aromatic rings. The molecule has 1 amide bonds. The number of aliphatic hydroxyl groups excluding tert-OH is 1. The van der Waals surface area contributed by atoms with Crippen molar-refractivity contribution in [1.82, 2.24) is 5.32 Å². The Morgan fingerprint density at radius 3 is 2.50 bits per heavy atom. The summed E-state index contributed by atoms with van der Waals surface area (Å²) in [4.78, 5) is 22.2. The number of carbonyl (C=O) groups excluding carboxylic acids is 2. The molecule has 0 radical (unpaired) electrons. The molecule has 5 heteroatoms. The number of hydrogen-bond acceptors (Lipinski definition) is 3. The summed E-state index contributed by atoms with van der Waals surface area (Å²) in [7, 11) is 0. The Morgan fingerprint density at radius 2 is 2.14 bits per heavy atom. The molecule has 0 aromatic carbocycles. The van der Waals surface area contributed by atoms with Gasteiger partial charge in [-0.3, -0.25) is 9.59 Å². The first kappa shape index (κ1) is 13.8. The van der Waals surface area contributed by atoms with Crippen LogP contribution in [0.3, 0.4) is 0 Å². The maximum absolute atomic E-state index is 11.2. The molecule has 0 aliphatic carbocycles. The molecule has 3 unspecified atom stereocenters. The molecular formula is C9H14NNaO3. The van der Waals surface area contributed by atoms with Crippen LogP contribution in [0.2, 0.25) is 0 Å². The summed E-state index contributed by atoms with van der Waals surface area (Å²) in [6.45, 7) is 3.10. The summed E-state index contributed by atoms with van der Waals surface area (Å²) in [5, 5.41) is 12.1. The molecule has 3 atom stereocenters. The zero-order chi connectivity index (χ0) is 10.0. The van der Waals surface area contributed by atoms with Gasteiger partial charge in [-0.1, -0.05) is 12.2 Å². The van der Waals surface area contributed by atoms with Crippen molar-refractivity contribution in [3.05, 3.63) is 12.2 Å². The van der Waals surface area contributed by atoms with Crippen molar-refractivity contribution >= 4 is 41.2 Å². The van der Waals surface area contributed by atoms with Crippen LogP contribution in [0.4, 0.5) is 0 Å². The van der Waals surface area contributed by atoms with Crippen molar-refractivity contribution in [2.24, 2.45) is 5.92 Å². The monoisotopic (exact) mass is 207 g/mol. The summed E-state index contributed by atoms with van der Waals surface area (Å²) in [5.41, 5.74) is 0. The van der Waals surface area contributed by atoms with E-state index in [9.17, 15) is 14.7 Å². The molecule has 1 aliphatic rings. The van der Waals surface area contributed by atoms with E-state index < -0.39 is 18.1 Å². The van der Waals surface area contributed by atoms with Gasteiger partial charge >= 0.3 is 29.6 Å². The molecule has 1 aliphatic heterocycles. The standard InChI is InChI=1S/C9H13NO3.Na.H/c1-3-4-6-8(12)7(5(2)11)9(13)10-6;;/h3-4,6-8,12H,1-2H3,(H,10,13);;. The van der Waals surface area contributed by atoms with E-state index in [1.165, 1.54) is 6.92 Å². The number of aliphatic hydroxyl groups is 1. The molecule has 1 saturated heterocycles. The molecular weight excluding hydrogens is 193 g/mol. The van der Waals surface area contributed by atoms with Gasteiger partial charge in [0.05, 0.1) is 12.1 Å². The van der Waals surface area contributed by atoms with E-state index >= 15 is 0 Å². The van der Waals surface area contributed by atoms with Gasteiger partial charge in [0, 0.05) is 0 Å². The van der Waals surface area contributed by atoms with E-state index in [1.807, 2.05) is 0 Å². The fraction of sp³-hybridized carbons (Fsp3) is 0.556. The van der Waals surface area contributed by atoms with Crippen molar-refractivity contribution in [3.63, 3.8) is 0 Å². The Hall–Kier alpha value is -0.160. The Balaban J connectivity index is 0.00000169. The third-order valence-electron chi connectivity index (χ3n) is 2.14. The fourth-order valence-electron chi connectivity index (χ4n) is 1.50. The van der Waals surface area contributed by atoms with Crippen LogP contribution in [0.1, 0.15) is 13.8 Å². The first-order chi connectivity index (χ1) is 6.07. The summed E-state index contributed by atoms with van der Waals surface area (Å²) >= 11 is 0. The van der Waals surface area contributed by atoms with Crippen molar-refractivity contribution in [3.8, 4) is 0 Å². The SMILES string of the molecule is CC=CC1NC(=O)C(C(C)=O)C1O.[NaH]. The maximum atomic E-state index is 11.2. The minimum absolute atomic E-state index is 0. The predicted octanol–water partition coefficient (Wildman–Crippen LogP) is -1.02. The van der Waals surface area contributed by atoms with Crippen LogP contribution in [0.25, 0.3) is 0 Å². The average Bonchev–Trinajstić information content (AvgIpc) is 2.28. The van der Waals surface area contributed by atoms with Crippen LogP contribution >= 0.6 is 0 Å². The molecule has 4 nitrogen and oxygen atoms in total. The van der Waals surface area contributed by atoms with Crippen LogP contribution in [0.15, 0.2) is 12.2 Å². The van der Waals surface area contributed by atoms with E-state index in [1.54, 1.807) is 19.1 Å². The van der Waals surface area contributed by atoms with Crippen LogP contribution < -0.4 is 5.32 Å². The number of nitrogens with one attached hydrogen (secondary N) is 1. The topological polar surface area (TPSA) is 66.4 Å². The van der Waals surface area contributed by atoms with Crippen molar-refractivity contribution < 1.29 is 14.7 Å². The summed E-state index contributed by atoms with van der Waals surface area (Å²) in [6.07, 6.45) is 2.48. The van der Waals surface area contributed by atoms with Crippen LogP contribution in [-0.2, 0) is 9.59 Å². The first-order valence-corrected chi connectivity index (χ1v) is 4.19. The van der Waals surface area contributed by atoms with Crippen LogP contribution in [0, 0.1) is 5.92 Å². The number of allylic oxidation sites excluding steroid dienone is 1. The Labute approximate surface area is 105 Å². The molecule has 0 saturated carbocycles. The molecule has 2 N–H and O–H groups in total. The van der Waals surface area contributed by atoms with Gasteiger partial charge in [0.15, 0.2) is 0 Å². The quantitative estimate of drug-likeness (QED) is 0.346. The Kier molecular flexibility index (Phi) is 5.59. The zero-order valence-corrected chi connectivity index (χ0v) is 7.65. The van der Waals surface area contributed by atoms with Gasteiger partial charge in [-0.05, 0) is 13.8 Å². The van der Waals surface area contributed by atoms with Gasteiger partial charge in [0.25, 0.3) is 0 Å². The van der Waals surface area contributed by atoms with Crippen molar-refractivity contribution in [2.75, 3.05) is 0 Å². The number of amides is 1. The summed E-state index contributed by atoms with van der Waals surface area (Å²) < 4.78 is 0. The molecule has 1 rings (SSSR count). The fourth-order valence-corrected chi connectivity index (χ4v) is 1.50. The van der Waals surface area contributed by atoms with E-state index in [0.717, 1.165) is 0 Å². The second-order valence-electron chi connectivity index (χ2n) is 3.14. The summed E-state index contributed by atoms with van der Waals surface area (Å²) in [5.74, 6) is -1.58. The second-order valence-corrected chi connectivity index (χ2v) is 3.14. The molecule has 1 fully saturated rings. The first-order valence-electron chi connectivity index (χ1n) is 4.19. The van der Waals surface area contributed by atoms with Crippen LogP contribution in [0.5, 0.6) is 0 Å². The average molecular weight is 207 g/mol. The van der Waals surface area contributed by atoms with E-state index in [2.05, 4.69) is 5.32 Å². The van der Waals surface area contributed by atoms with Crippen LogP contribution in [-0.4, -0.2) is 58.5 Å². The van der Waals surface area contributed by atoms with Crippen molar-refractivity contribution in [1.29, 1.82) is 0 Å². The van der Waals surface area contributed by atoms with E-state index in [0.29, 0.717) is 0 Å². The van der Waals surface area contributed by atoms with Gasteiger partial charge in [-0.15, -0.1) is 0 Å². The second kappa shape index (κ2) is 5.66. The molecule has 14 heavy (non-hydrogen) atoms.